The predicted octanol–water partition coefficient (Wildman–Crippen LogP) is 15.9. The molecule has 332 valence electrons. The van der Waals surface area contributed by atoms with Gasteiger partial charge >= 0.3 is 17.9 Å². The van der Waals surface area contributed by atoms with E-state index in [0.717, 1.165) is 63.7 Å². The van der Waals surface area contributed by atoms with Crippen molar-refractivity contribution in [3.63, 3.8) is 0 Å². The molecule has 0 saturated carbocycles. The summed E-state index contributed by atoms with van der Waals surface area (Å²) in [7, 11) is 0. The van der Waals surface area contributed by atoms with Crippen LogP contribution in [-0.2, 0) is 28.6 Å². The summed E-state index contributed by atoms with van der Waals surface area (Å²) in [6, 6.07) is 0. The van der Waals surface area contributed by atoms with Crippen LogP contribution in [0.5, 0.6) is 0 Å². The first-order chi connectivity index (χ1) is 27.4. The minimum atomic E-state index is -0.760. The van der Waals surface area contributed by atoms with Gasteiger partial charge in [0.2, 0.25) is 0 Å². The third-order valence-corrected chi connectivity index (χ3v) is 11.3. The van der Waals surface area contributed by atoms with Gasteiger partial charge in [0.05, 0.1) is 0 Å². The zero-order valence-electron chi connectivity index (χ0n) is 38.1. The molecule has 0 spiro atoms. The lowest BCUT2D eigenvalue weighted by molar-refractivity contribution is -0.167. The third-order valence-electron chi connectivity index (χ3n) is 11.3. The molecule has 0 saturated heterocycles. The maximum atomic E-state index is 12.7. The van der Waals surface area contributed by atoms with Crippen LogP contribution in [0.15, 0.2) is 0 Å². The summed E-state index contributed by atoms with van der Waals surface area (Å²) < 4.78 is 16.7. The van der Waals surface area contributed by atoms with Crippen molar-refractivity contribution in [1.82, 2.24) is 0 Å². The normalized spacial score (nSPS) is 11.9. The number of carbonyl (C=O) groups excluding carboxylic acids is 3. The molecule has 0 aliphatic heterocycles. The topological polar surface area (TPSA) is 78.9 Å². The van der Waals surface area contributed by atoms with Crippen molar-refractivity contribution in [2.45, 2.75) is 284 Å². The molecule has 0 aromatic carbocycles. The second kappa shape index (κ2) is 44.5. The summed E-state index contributed by atoms with van der Waals surface area (Å²) in [5.41, 5.74) is 0. The van der Waals surface area contributed by atoms with Crippen LogP contribution < -0.4 is 0 Å². The molecule has 0 amide bonds. The van der Waals surface area contributed by atoms with Crippen LogP contribution in [0.25, 0.3) is 0 Å². The summed E-state index contributed by atoms with van der Waals surface area (Å²) in [5.74, 6) is -0.0944. The monoisotopic (exact) mass is 793 g/mol. The van der Waals surface area contributed by atoms with Gasteiger partial charge in [0.15, 0.2) is 6.10 Å². The lowest BCUT2D eigenvalue weighted by Gasteiger charge is -2.18. The lowest BCUT2D eigenvalue weighted by Crippen LogP contribution is -2.30. The molecule has 6 nitrogen and oxygen atoms in total. The highest BCUT2D eigenvalue weighted by Gasteiger charge is 2.19. The lowest BCUT2D eigenvalue weighted by atomic mass is 10.0. The van der Waals surface area contributed by atoms with Crippen molar-refractivity contribution in [2.75, 3.05) is 13.2 Å². The van der Waals surface area contributed by atoms with Crippen molar-refractivity contribution in [3.8, 4) is 0 Å². The molecule has 0 aromatic rings. The minimum Gasteiger partial charge on any atom is -0.462 e. The zero-order valence-corrected chi connectivity index (χ0v) is 38.1. The molecule has 0 bridgehead atoms. The smallest absolute Gasteiger partial charge is 0.306 e. The molecular formula is C50H96O6. The molecule has 56 heavy (non-hydrogen) atoms. The molecule has 1 atom stereocenters. The van der Waals surface area contributed by atoms with Gasteiger partial charge in [0.1, 0.15) is 13.2 Å². The fourth-order valence-corrected chi connectivity index (χ4v) is 7.51. The predicted molar refractivity (Wildman–Crippen MR) is 238 cm³/mol. The standard InChI is InChI=1S/C50H96O6/c1-5-7-9-11-13-15-17-19-20-21-22-23-25-27-29-34-38-42-49(52)55-45-47(56-50(53)43-39-35-31-30-32-36-40-46(3)4)44-54-48(51)41-37-33-28-26-24-18-16-14-12-10-8-6-2/h46-47H,5-45H2,1-4H3/t47-/m1/s1. The molecule has 6 heteroatoms. The van der Waals surface area contributed by atoms with Crippen molar-refractivity contribution in [3.05, 3.63) is 0 Å². The molecule has 0 unspecified atom stereocenters. The third kappa shape index (κ3) is 43.5. The van der Waals surface area contributed by atoms with Gasteiger partial charge in [0, 0.05) is 19.3 Å². The Morgan fingerprint density at radius 3 is 0.875 bits per heavy atom. The molecule has 0 aliphatic rings. The van der Waals surface area contributed by atoms with E-state index in [1.54, 1.807) is 0 Å². The molecule has 0 aromatic heterocycles. The number of esters is 3. The quantitative estimate of drug-likeness (QED) is 0.0347. The summed E-state index contributed by atoms with van der Waals surface area (Å²) in [5, 5.41) is 0. The maximum absolute atomic E-state index is 12.7. The second-order valence-electron chi connectivity index (χ2n) is 17.6. The highest BCUT2D eigenvalue weighted by Crippen LogP contribution is 2.17. The summed E-state index contributed by atoms with van der Waals surface area (Å²) >= 11 is 0. The Morgan fingerprint density at radius 2 is 0.589 bits per heavy atom. The van der Waals surface area contributed by atoms with Gasteiger partial charge in [-0.2, -0.15) is 0 Å². The number of carbonyl (C=O) groups is 3. The Bertz CT molecular complexity index is 841. The first-order valence-electron chi connectivity index (χ1n) is 24.9. The van der Waals surface area contributed by atoms with Gasteiger partial charge in [-0.15, -0.1) is 0 Å². The Balaban J connectivity index is 4.23. The zero-order chi connectivity index (χ0) is 41.0. The molecule has 0 N–H and O–H groups in total. The van der Waals surface area contributed by atoms with E-state index >= 15 is 0 Å². The first kappa shape index (κ1) is 54.4. The van der Waals surface area contributed by atoms with Crippen molar-refractivity contribution in [1.29, 1.82) is 0 Å². The highest BCUT2D eigenvalue weighted by molar-refractivity contribution is 5.71. The number of hydrogen-bond donors (Lipinski definition) is 0. The van der Waals surface area contributed by atoms with Gasteiger partial charge in [-0.1, -0.05) is 240 Å². The van der Waals surface area contributed by atoms with E-state index in [-0.39, 0.29) is 31.1 Å². The Labute approximate surface area is 348 Å². The molecule has 0 heterocycles. The molecule has 0 aliphatic carbocycles. The van der Waals surface area contributed by atoms with E-state index in [1.807, 2.05) is 0 Å². The molecule has 0 fully saturated rings. The first-order valence-corrected chi connectivity index (χ1v) is 24.9. The van der Waals surface area contributed by atoms with Gasteiger partial charge < -0.3 is 14.2 Å². The number of ether oxygens (including phenoxy) is 3. The van der Waals surface area contributed by atoms with Crippen LogP contribution in [0.3, 0.4) is 0 Å². The maximum Gasteiger partial charge on any atom is 0.306 e. The van der Waals surface area contributed by atoms with Crippen LogP contribution in [0.1, 0.15) is 278 Å². The summed E-state index contributed by atoms with van der Waals surface area (Å²) in [6.07, 6.45) is 45.3. The van der Waals surface area contributed by atoms with Crippen molar-refractivity contribution in [2.24, 2.45) is 5.92 Å². The van der Waals surface area contributed by atoms with Gasteiger partial charge in [-0.05, 0) is 25.2 Å². The molecular weight excluding hydrogens is 697 g/mol. The van der Waals surface area contributed by atoms with E-state index in [0.29, 0.717) is 19.3 Å². The van der Waals surface area contributed by atoms with E-state index in [2.05, 4.69) is 27.7 Å². The van der Waals surface area contributed by atoms with Crippen LogP contribution in [0, 0.1) is 5.92 Å². The van der Waals surface area contributed by atoms with Crippen LogP contribution >= 0.6 is 0 Å². The number of rotatable bonds is 45. The van der Waals surface area contributed by atoms with E-state index in [4.69, 9.17) is 14.2 Å². The fraction of sp³-hybridized carbons (Fsp3) is 0.940. The van der Waals surface area contributed by atoms with Crippen molar-refractivity contribution < 1.29 is 28.6 Å². The van der Waals surface area contributed by atoms with Crippen LogP contribution in [-0.4, -0.2) is 37.2 Å². The van der Waals surface area contributed by atoms with E-state index in [1.165, 1.54) is 173 Å². The Morgan fingerprint density at radius 1 is 0.339 bits per heavy atom. The summed E-state index contributed by atoms with van der Waals surface area (Å²) in [4.78, 5) is 37.8. The van der Waals surface area contributed by atoms with Gasteiger partial charge in [0.25, 0.3) is 0 Å². The number of hydrogen-bond acceptors (Lipinski definition) is 6. The second-order valence-corrected chi connectivity index (χ2v) is 17.6. The van der Waals surface area contributed by atoms with Gasteiger partial charge in [-0.3, -0.25) is 14.4 Å². The fourth-order valence-electron chi connectivity index (χ4n) is 7.51. The molecule has 0 radical (unpaired) electrons. The van der Waals surface area contributed by atoms with E-state index < -0.39 is 6.10 Å². The summed E-state index contributed by atoms with van der Waals surface area (Å²) in [6.45, 7) is 8.94. The van der Waals surface area contributed by atoms with Gasteiger partial charge in [-0.25, -0.2) is 0 Å². The van der Waals surface area contributed by atoms with E-state index in [9.17, 15) is 14.4 Å². The van der Waals surface area contributed by atoms with Crippen molar-refractivity contribution >= 4 is 17.9 Å². The Kier molecular flexibility index (Phi) is 43.2. The minimum absolute atomic E-state index is 0.0642. The van der Waals surface area contributed by atoms with Crippen LogP contribution in [0.2, 0.25) is 0 Å². The average molecular weight is 793 g/mol. The average Bonchev–Trinajstić information content (AvgIpc) is 3.18. The molecule has 0 rings (SSSR count). The Hall–Kier alpha value is -1.59. The highest BCUT2D eigenvalue weighted by atomic mass is 16.6. The van der Waals surface area contributed by atoms with Crippen LogP contribution in [0.4, 0.5) is 0 Å². The number of unbranched alkanes of at least 4 members (excludes halogenated alkanes) is 32. The SMILES string of the molecule is CCCCCCCCCCCCCCCCCCCC(=O)OC[C@@H](COC(=O)CCCCCCCCCCCCCC)OC(=O)CCCCCCCCC(C)C. The largest absolute Gasteiger partial charge is 0.462 e.